The van der Waals surface area contributed by atoms with Gasteiger partial charge in [-0.25, -0.2) is 9.59 Å². The van der Waals surface area contributed by atoms with Crippen molar-refractivity contribution in [1.82, 2.24) is 15.5 Å². The summed E-state index contributed by atoms with van der Waals surface area (Å²) in [5, 5.41) is 28.0. The highest BCUT2D eigenvalue weighted by Crippen LogP contribution is 2.24. The van der Waals surface area contributed by atoms with Crippen LogP contribution in [-0.4, -0.2) is 51.9 Å². The number of carboxylic acid groups (broad SMARTS) is 2. The lowest BCUT2D eigenvalue weighted by Crippen LogP contribution is -2.32. The van der Waals surface area contributed by atoms with Gasteiger partial charge in [-0.2, -0.15) is 5.10 Å². The number of nitrogens with zero attached hydrogens (tertiary/aromatic N) is 1. The first kappa shape index (κ1) is 25.1. The van der Waals surface area contributed by atoms with E-state index in [1.807, 2.05) is 68.4 Å². The van der Waals surface area contributed by atoms with Crippen molar-refractivity contribution >= 4 is 23.5 Å². The van der Waals surface area contributed by atoms with E-state index in [4.69, 9.17) is 24.5 Å². The molecule has 0 bridgehead atoms. The van der Waals surface area contributed by atoms with Gasteiger partial charge < -0.3 is 20.3 Å². The Kier molecular flexibility index (Phi) is 9.13. The number of aliphatic carboxylic acids is 2. The summed E-state index contributed by atoms with van der Waals surface area (Å²) in [7, 11) is 1.64. The van der Waals surface area contributed by atoms with Gasteiger partial charge in [-0.05, 0) is 37.1 Å². The summed E-state index contributed by atoms with van der Waals surface area (Å²) in [5.41, 5.74) is 4.50. The Labute approximate surface area is 190 Å². The van der Waals surface area contributed by atoms with E-state index < -0.39 is 11.9 Å². The van der Waals surface area contributed by atoms with Crippen LogP contribution in [0.25, 0.3) is 0 Å². The number of benzene rings is 2. The second kappa shape index (κ2) is 12.0. The van der Waals surface area contributed by atoms with E-state index in [1.54, 1.807) is 7.11 Å². The molecule has 1 aromatic heterocycles. The molecular weight excluding hydrogens is 428 g/mol. The van der Waals surface area contributed by atoms with Gasteiger partial charge in [0, 0.05) is 0 Å². The van der Waals surface area contributed by atoms with Gasteiger partial charge in [0.25, 0.3) is 0 Å². The lowest BCUT2D eigenvalue weighted by Gasteiger charge is -2.20. The summed E-state index contributed by atoms with van der Waals surface area (Å²) in [5.74, 6) is -2.96. The van der Waals surface area contributed by atoms with E-state index in [0.29, 0.717) is 0 Å². The van der Waals surface area contributed by atoms with Gasteiger partial charge in [0.15, 0.2) is 0 Å². The third-order valence-electron chi connectivity index (χ3n) is 4.62. The minimum atomic E-state index is -1.82. The van der Waals surface area contributed by atoms with Crippen LogP contribution >= 0.6 is 0 Å². The quantitative estimate of drug-likeness (QED) is 0.341. The van der Waals surface area contributed by atoms with Crippen molar-refractivity contribution in [2.75, 3.05) is 19.0 Å². The van der Waals surface area contributed by atoms with Gasteiger partial charge >= 0.3 is 11.9 Å². The van der Waals surface area contributed by atoms with Crippen LogP contribution in [0.3, 0.4) is 0 Å². The van der Waals surface area contributed by atoms with Crippen molar-refractivity contribution in [1.29, 1.82) is 0 Å². The zero-order valence-corrected chi connectivity index (χ0v) is 18.5. The Morgan fingerprint density at radius 2 is 1.55 bits per heavy atom. The van der Waals surface area contributed by atoms with Crippen LogP contribution in [-0.2, 0) is 14.4 Å². The summed E-state index contributed by atoms with van der Waals surface area (Å²) < 4.78 is 5.24. The highest BCUT2D eigenvalue weighted by atomic mass is 16.5. The van der Waals surface area contributed by atoms with Crippen LogP contribution in [0.1, 0.15) is 28.6 Å². The number of aromatic nitrogens is 2. The van der Waals surface area contributed by atoms with Gasteiger partial charge in [-0.3, -0.25) is 15.2 Å². The maximum Gasteiger partial charge on any atom is 0.414 e. The van der Waals surface area contributed by atoms with Crippen LogP contribution in [0, 0.1) is 13.8 Å². The number of aromatic amines is 1. The molecule has 3 aromatic rings. The first-order valence-electron chi connectivity index (χ1n) is 9.92. The Balaban J connectivity index is 0.000000569. The average Bonchev–Trinajstić information content (AvgIpc) is 3.12. The topological polar surface area (TPSA) is 154 Å². The number of carbonyl (C=O) groups excluding carboxylic acids is 1. The number of carbonyl (C=O) groups is 3. The Hall–Kier alpha value is -4.18. The molecule has 0 aliphatic carbocycles. The number of rotatable bonds is 7. The molecule has 10 nitrogen and oxygen atoms in total. The van der Waals surface area contributed by atoms with Crippen molar-refractivity contribution in [2.45, 2.75) is 19.9 Å². The molecule has 1 heterocycles. The summed E-state index contributed by atoms with van der Waals surface area (Å²) >= 11 is 0. The molecule has 0 radical (unpaired) electrons. The summed E-state index contributed by atoms with van der Waals surface area (Å²) in [6, 6.07) is 17.8. The standard InChI is InChI=1S/C21H24N4O2.C2H2O4/c1-14-20(15(2)25-24-14)23-19(26)13-22-21(16-7-5-4-6-8-16)17-9-11-18(27-3)12-10-17;3-1(4)2(5)6/h4-12,21-22H,13H2,1-3H3,(H,23,26)(H,24,25);(H,3,4)(H,5,6). The number of ether oxygens (including phenoxy) is 1. The van der Waals surface area contributed by atoms with Gasteiger partial charge in [0.2, 0.25) is 5.91 Å². The van der Waals surface area contributed by atoms with E-state index in [1.165, 1.54) is 0 Å². The third-order valence-corrected chi connectivity index (χ3v) is 4.62. The fourth-order valence-electron chi connectivity index (χ4n) is 2.98. The lowest BCUT2D eigenvalue weighted by molar-refractivity contribution is -0.159. The largest absolute Gasteiger partial charge is 0.497 e. The molecule has 0 saturated carbocycles. The van der Waals surface area contributed by atoms with E-state index in [-0.39, 0.29) is 18.5 Å². The minimum Gasteiger partial charge on any atom is -0.497 e. The number of anilines is 1. The van der Waals surface area contributed by atoms with E-state index in [9.17, 15) is 4.79 Å². The Morgan fingerprint density at radius 1 is 0.970 bits per heavy atom. The van der Waals surface area contributed by atoms with Gasteiger partial charge in [-0.15, -0.1) is 0 Å². The van der Waals surface area contributed by atoms with Crippen LogP contribution in [0.5, 0.6) is 5.75 Å². The van der Waals surface area contributed by atoms with Gasteiger partial charge in [-0.1, -0.05) is 42.5 Å². The summed E-state index contributed by atoms with van der Waals surface area (Å²) in [6.07, 6.45) is 0. The number of hydrogen-bond acceptors (Lipinski definition) is 6. The number of H-pyrrole nitrogens is 1. The molecule has 0 aliphatic heterocycles. The molecule has 2 aromatic carbocycles. The monoisotopic (exact) mass is 454 g/mol. The van der Waals surface area contributed by atoms with Crippen molar-refractivity contribution < 1.29 is 29.3 Å². The molecule has 1 amide bonds. The predicted molar refractivity (Wildman–Crippen MR) is 121 cm³/mol. The lowest BCUT2D eigenvalue weighted by atomic mass is 9.98. The van der Waals surface area contributed by atoms with Crippen LogP contribution in [0.2, 0.25) is 0 Å². The van der Waals surface area contributed by atoms with Gasteiger partial charge in [0.05, 0.1) is 36.8 Å². The van der Waals surface area contributed by atoms with Crippen LogP contribution < -0.4 is 15.4 Å². The molecule has 0 aliphatic rings. The molecule has 10 heteroatoms. The molecule has 3 rings (SSSR count). The number of aryl methyl sites for hydroxylation is 2. The molecule has 0 saturated heterocycles. The highest BCUT2D eigenvalue weighted by Gasteiger charge is 2.16. The van der Waals surface area contributed by atoms with Crippen molar-refractivity contribution in [2.24, 2.45) is 0 Å². The Morgan fingerprint density at radius 3 is 2.03 bits per heavy atom. The molecule has 0 spiro atoms. The zero-order chi connectivity index (χ0) is 24.4. The second-order valence-electron chi connectivity index (χ2n) is 6.97. The SMILES string of the molecule is COc1ccc(C(NCC(=O)Nc2c(C)n[nH]c2C)c2ccccc2)cc1.O=C(O)C(=O)O. The number of nitrogens with one attached hydrogen (secondary N) is 3. The number of carboxylic acids is 2. The first-order chi connectivity index (χ1) is 15.7. The summed E-state index contributed by atoms with van der Waals surface area (Å²) in [6.45, 7) is 3.92. The molecule has 5 N–H and O–H groups in total. The zero-order valence-electron chi connectivity index (χ0n) is 18.5. The maximum absolute atomic E-state index is 12.4. The number of amides is 1. The minimum absolute atomic E-state index is 0.102. The third kappa shape index (κ3) is 7.47. The van der Waals surface area contributed by atoms with Gasteiger partial charge in [0.1, 0.15) is 5.75 Å². The average molecular weight is 454 g/mol. The molecular formula is C23H26N4O6. The number of methoxy groups -OCH3 is 1. The van der Waals surface area contributed by atoms with E-state index >= 15 is 0 Å². The van der Waals surface area contributed by atoms with E-state index in [2.05, 4.69) is 20.8 Å². The normalized spacial score (nSPS) is 11.0. The predicted octanol–water partition coefficient (Wildman–Crippen LogP) is 2.51. The molecule has 174 valence electrons. The van der Waals surface area contributed by atoms with Crippen LogP contribution in [0.4, 0.5) is 5.69 Å². The fraction of sp³-hybridized carbons (Fsp3) is 0.217. The van der Waals surface area contributed by atoms with Crippen molar-refractivity contribution in [3.8, 4) is 5.75 Å². The second-order valence-corrected chi connectivity index (χ2v) is 6.97. The fourth-order valence-corrected chi connectivity index (χ4v) is 2.98. The molecule has 33 heavy (non-hydrogen) atoms. The highest BCUT2D eigenvalue weighted by molar-refractivity contribution is 6.27. The van der Waals surface area contributed by atoms with Crippen molar-refractivity contribution in [3.05, 3.63) is 77.1 Å². The Bertz CT molecular complexity index is 1050. The number of hydrogen-bond donors (Lipinski definition) is 5. The molecule has 0 fully saturated rings. The maximum atomic E-state index is 12.4. The smallest absolute Gasteiger partial charge is 0.414 e. The first-order valence-corrected chi connectivity index (χ1v) is 9.92. The molecule has 1 unspecified atom stereocenters. The molecule has 1 atom stereocenters. The van der Waals surface area contributed by atoms with Crippen LogP contribution in [0.15, 0.2) is 54.6 Å². The van der Waals surface area contributed by atoms with E-state index in [0.717, 1.165) is 34.0 Å². The van der Waals surface area contributed by atoms with Crippen molar-refractivity contribution in [3.63, 3.8) is 0 Å². The summed E-state index contributed by atoms with van der Waals surface area (Å²) in [4.78, 5) is 30.6.